The number of fused-ring (bicyclic) bond motifs is 1. The second-order valence-corrected chi connectivity index (χ2v) is 20.0. The van der Waals surface area contributed by atoms with Gasteiger partial charge in [-0.3, -0.25) is 0 Å². The summed E-state index contributed by atoms with van der Waals surface area (Å²) in [5.74, 6) is 0. The van der Waals surface area contributed by atoms with Crippen molar-refractivity contribution < 1.29 is 0 Å². The topological polar surface area (TPSA) is 25.8 Å². The molecule has 0 amide bonds. The number of hydrogen-bond donors (Lipinski definition) is 0. The average molecular weight is 335 g/mol. The van der Waals surface area contributed by atoms with Gasteiger partial charge in [-0.15, -0.1) is 0 Å². The van der Waals surface area contributed by atoms with Crippen LogP contribution in [0.4, 0.5) is 0 Å². The van der Waals surface area contributed by atoms with Gasteiger partial charge in [0.15, 0.2) is 0 Å². The van der Waals surface area contributed by atoms with Crippen molar-refractivity contribution in [3.05, 3.63) is 29.1 Å². The molecule has 0 saturated heterocycles. The molecule has 0 saturated carbocycles. The van der Waals surface area contributed by atoms with Crippen LogP contribution in [0.3, 0.4) is 0 Å². The van der Waals surface area contributed by atoms with Gasteiger partial charge in [-0.2, -0.15) is 0 Å². The molecule has 1 aromatic heterocycles. The predicted octanol–water partition coefficient (Wildman–Crippen LogP) is 3.10. The molecule has 3 heteroatoms. The molecule has 1 aromatic carbocycles. The third-order valence-corrected chi connectivity index (χ3v) is 8.61. The summed E-state index contributed by atoms with van der Waals surface area (Å²) in [4.78, 5) is 16.3. The van der Waals surface area contributed by atoms with Gasteiger partial charge in [0.2, 0.25) is 0 Å². The number of hydrogen-bond acceptors (Lipinski definition) is 2. The van der Waals surface area contributed by atoms with E-state index in [1.54, 1.807) is 6.33 Å². The van der Waals surface area contributed by atoms with Gasteiger partial charge in [-0.25, -0.2) is 0 Å². The number of benzene rings is 1. The summed E-state index contributed by atoms with van der Waals surface area (Å²) in [5.41, 5.74) is 5.18. The molecule has 2 rings (SSSR count). The second kappa shape index (κ2) is 4.23. The van der Waals surface area contributed by atoms with E-state index in [4.69, 9.17) is 0 Å². The van der Waals surface area contributed by atoms with Crippen molar-refractivity contribution in [3.63, 3.8) is 0 Å². The number of rotatable bonds is 1. The zero-order valence-corrected chi connectivity index (χ0v) is 14.4. The van der Waals surface area contributed by atoms with Crippen LogP contribution in [-0.4, -0.2) is 28.3 Å². The Kier molecular flexibility index (Phi) is 3.19. The zero-order chi connectivity index (χ0) is 12.8. The van der Waals surface area contributed by atoms with Crippen molar-refractivity contribution in [1.82, 2.24) is 9.97 Å². The standard InChI is InChI=1S/C11H11N2.3CH3.Sn/c1-7-4-11-10(5-12-6-13-11)9(3)8(7)2;;;;/h4,6H,1-3H3;3*1H3;. The van der Waals surface area contributed by atoms with Crippen molar-refractivity contribution in [2.24, 2.45) is 0 Å². The number of nitrogens with zero attached hydrogens (tertiary/aromatic N) is 2. The third kappa shape index (κ3) is 2.19. The molecule has 0 bridgehead atoms. The van der Waals surface area contributed by atoms with Crippen molar-refractivity contribution in [1.29, 1.82) is 0 Å². The molecular weight excluding hydrogens is 315 g/mol. The summed E-state index contributed by atoms with van der Waals surface area (Å²) in [7, 11) is 0. The van der Waals surface area contributed by atoms with Crippen LogP contribution in [-0.2, 0) is 0 Å². The molecule has 0 unspecified atom stereocenters. The van der Waals surface area contributed by atoms with Crippen LogP contribution in [0.5, 0.6) is 0 Å². The van der Waals surface area contributed by atoms with Gasteiger partial charge in [0.25, 0.3) is 0 Å². The summed E-state index contributed by atoms with van der Waals surface area (Å²) < 4.78 is 1.35. The Morgan fingerprint density at radius 2 is 1.59 bits per heavy atom. The number of aryl methyl sites for hydroxylation is 2. The van der Waals surface area contributed by atoms with Crippen molar-refractivity contribution in [2.75, 3.05) is 0 Å². The van der Waals surface area contributed by atoms with Crippen LogP contribution < -0.4 is 3.71 Å². The van der Waals surface area contributed by atoms with Crippen molar-refractivity contribution >= 4 is 33.0 Å². The molecule has 2 nitrogen and oxygen atoms in total. The molecule has 0 spiro atoms. The fourth-order valence-electron chi connectivity index (χ4n) is 2.24. The normalized spacial score (nSPS) is 12.1. The first-order chi connectivity index (χ1) is 7.82. The summed E-state index contributed by atoms with van der Waals surface area (Å²) in [6, 6.07) is 2.19. The fraction of sp³-hybridized carbons (Fsp3) is 0.429. The van der Waals surface area contributed by atoms with Gasteiger partial charge >= 0.3 is 108 Å². The van der Waals surface area contributed by atoms with E-state index in [1.807, 2.05) is 0 Å². The first-order valence-corrected chi connectivity index (χ1v) is 16.0. The van der Waals surface area contributed by atoms with E-state index in [-0.39, 0.29) is 0 Å². The molecule has 0 aliphatic rings. The van der Waals surface area contributed by atoms with Crippen LogP contribution in [0.15, 0.2) is 12.4 Å². The van der Waals surface area contributed by atoms with Crippen molar-refractivity contribution in [2.45, 2.75) is 35.6 Å². The maximum absolute atomic E-state index is 4.59. The molecule has 17 heavy (non-hydrogen) atoms. The first-order valence-electron chi connectivity index (χ1n) is 6.04. The van der Waals surface area contributed by atoms with Crippen LogP contribution in [0, 0.1) is 20.8 Å². The van der Waals surface area contributed by atoms with E-state index in [9.17, 15) is 0 Å². The quantitative estimate of drug-likeness (QED) is 0.749. The van der Waals surface area contributed by atoms with Gasteiger partial charge < -0.3 is 0 Å². The Morgan fingerprint density at radius 1 is 0.941 bits per heavy atom. The van der Waals surface area contributed by atoms with E-state index >= 15 is 0 Å². The zero-order valence-electron chi connectivity index (χ0n) is 11.5. The van der Waals surface area contributed by atoms with Gasteiger partial charge in [-0.05, 0) is 0 Å². The van der Waals surface area contributed by atoms with E-state index < -0.39 is 18.4 Å². The maximum atomic E-state index is 4.59. The van der Waals surface area contributed by atoms with Gasteiger partial charge in [0, 0.05) is 0 Å². The molecule has 1 heterocycles. The van der Waals surface area contributed by atoms with Crippen molar-refractivity contribution in [3.8, 4) is 0 Å². The fourth-order valence-corrected chi connectivity index (χ4v) is 6.56. The SMILES string of the molecule is Cc1cc2ncn[c]([Sn]([CH3])([CH3])[CH3])c2c(C)c1C. The number of aromatic nitrogens is 2. The summed E-state index contributed by atoms with van der Waals surface area (Å²) in [6.07, 6.45) is 1.73. The Balaban J connectivity index is 2.94. The predicted molar refractivity (Wildman–Crippen MR) is 76.7 cm³/mol. The molecule has 0 fully saturated rings. The van der Waals surface area contributed by atoms with Crippen LogP contribution in [0.1, 0.15) is 16.7 Å². The summed E-state index contributed by atoms with van der Waals surface area (Å²) >= 11 is -2.17. The van der Waals surface area contributed by atoms with Crippen LogP contribution in [0.25, 0.3) is 10.9 Å². The first kappa shape index (κ1) is 12.8. The third-order valence-electron chi connectivity index (χ3n) is 3.47. The molecule has 0 atom stereocenters. The Bertz CT molecular complexity index is 583. The Hall–Kier alpha value is -0.641. The monoisotopic (exact) mass is 336 g/mol. The Morgan fingerprint density at radius 3 is 2.18 bits per heavy atom. The summed E-state index contributed by atoms with van der Waals surface area (Å²) in [6.45, 7) is 6.55. The molecule has 90 valence electrons. The van der Waals surface area contributed by atoms with E-state index in [1.165, 1.54) is 25.8 Å². The summed E-state index contributed by atoms with van der Waals surface area (Å²) in [5, 5.41) is 1.32. The average Bonchev–Trinajstić information content (AvgIpc) is 2.24. The van der Waals surface area contributed by atoms with Crippen LogP contribution in [0.2, 0.25) is 14.8 Å². The van der Waals surface area contributed by atoms with E-state index in [0.717, 1.165) is 5.52 Å². The molecule has 0 aliphatic heterocycles. The molecule has 0 radical (unpaired) electrons. The van der Waals surface area contributed by atoms with Gasteiger partial charge in [0.05, 0.1) is 0 Å². The molecular formula is C14H20N2Sn. The van der Waals surface area contributed by atoms with Gasteiger partial charge in [-0.1, -0.05) is 0 Å². The molecule has 2 aromatic rings. The minimum atomic E-state index is -2.17. The van der Waals surface area contributed by atoms with E-state index in [0.29, 0.717) is 0 Å². The second-order valence-electron chi connectivity index (χ2n) is 5.81. The molecule has 0 aliphatic carbocycles. The van der Waals surface area contributed by atoms with Gasteiger partial charge in [0.1, 0.15) is 0 Å². The Labute approximate surface area is 107 Å². The molecule has 0 N–H and O–H groups in total. The minimum absolute atomic E-state index is 1.11. The van der Waals surface area contributed by atoms with E-state index in [2.05, 4.69) is 51.6 Å². The van der Waals surface area contributed by atoms with Crippen LogP contribution >= 0.6 is 0 Å².